The Morgan fingerprint density at radius 3 is 2.41 bits per heavy atom. The summed E-state index contributed by atoms with van der Waals surface area (Å²) in [6.45, 7) is 0.417. The van der Waals surface area contributed by atoms with E-state index in [2.05, 4.69) is 0 Å². The van der Waals surface area contributed by atoms with E-state index in [0.29, 0.717) is 42.8 Å². The number of alkyl halides is 4. The van der Waals surface area contributed by atoms with Gasteiger partial charge in [-0.1, -0.05) is 18.2 Å². The van der Waals surface area contributed by atoms with Gasteiger partial charge in [-0.25, -0.2) is 0 Å². The number of anilines is 1. The second-order valence-electron chi connectivity index (χ2n) is 6.99. The summed E-state index contributed by atoms with van der Waals surface area (Å²) in [5.41, 5.74) is 0.743. The number of fused-ring (bicyclic) bond motifs is 1. The first kappa shape index (κ1) is 21.1. The number of halogens is 4. The van der Waals surface area contributed by atoms with E-state index in [0.717, 1.165) is 17.7 Å². The van der Waals surface area contributed by atoms with Gasteiger partial charge in [-0.15, -0.1) is 0 Å². The van der Waals surface area contributed by atoms with Crippen LogP contribution in [0.15, 0.2) is 42.5 Å². The summed E-state index contributed by atoms with van der Waals surface area (Å²) in [6.07, 6.45) is -3.64. The Kier molecular flexibility index (Phi) is 5.84. The number of hydrogen-bond donors (Lipinski definition) is 1. The quantitative estimate of drug-likeness (QED) is 0.764. The van der Waals surface area contributed by atoms with Crippen LogP contribution < -0.4 is 9.64 Å². The third-order valence-electron chi connectivity index (χ3n) is 5.02. The van der Waals surface area contributed by atoms with Crippen molar-refractivity contribution in [1.29, 1.82) is 0 Å². The summed E-state index contributed by atoms with van der Waals surface area (Å²) >= 11 is 0. The third-order valence-corrected chi connectivity index (χ3v) is 5.02. The van der Waals surface area contributed by atoms with E-state index in [1.807, 2.05) is 0 Å². The fourth-order valence-electron chi connectivity index (χ4n) is 3.40. The summed E-state index contributed by atoms with van der Waals surface area (Å²) in [5, 5.41) is 9.32. The molecule has 0 spiro atoms. The summed E-state index contributed by atoms with van der Waals surface area (Å²) < 4.78 is 57.5. The van der Waals surface area contributed by atoms with Gasteiger partial charge in [0.2, 0.25) is 5.91 Å². The van der Waals surface area contributed by atoms with E-state index in [1.54, 1.807) is 31.4 Å². The van der Waals surface area contributed by atoms with Crippen LogP contribution in [-0.2, 0) is 23.5 Å². The van der Waals surface area contributed by atoms with Gasteiger partial charge in [-0.05, 0) is 54.7 Å². The average molecular weight is 411 g/mol. The summed E-state index contributed by atoms with van der Waals surface area (Å²) in [6, 6.07) is 10.2. The maximum Gasteiger partial charge on any atom is 0.453 e. The molecular weight excluding hydrogens is 390 g/mol. The molecule has 29 heavy (non-hydrogen) atoms. The zero-order valence-corrected chi connectivity index (χ0v) is 15.8. The zero-order valence-electron chi connectivity index (χ0n) is 15.8. The fraction of sp³-hybridized carbons (Fsp3) is 0.381. The van der Waals surface area contributed by atoms with E-state index < -0.39 is 17.6 Å². The number of nitrogens with zero attached hydrogens (tertiary/aromatic N) is 1. The minimum Gasteiger partial charge on any atom is -0.497 e. The van der Waals surface area contributed by atoms with Crippen LogP contribution in [0, 0.1) is 0 Å². The summed E-state index contributed by atoms with van der Waals surface area (Å²) in [7, 11) is 1.54. The van der Waals surface area contributed by atoms with Crippen molar-refractivity contribution < 1.29 is 32.2 Å². The molecule has 8 heteroatoms. The molecule has 3 rings (SSSR count). The van der Waals surface area contributed by atoms with Gasteiger partial charge < -0.3 is 14.7 Å². The molecule has 0 aromatic heterocycles. The van der Waals surface area contributed by atoms with Gasteiger partial charge in [0.1, 0.15) is 5.75 Å². The highest BCUT2D eigenvalue weighted by Crippen LogP contribution is 2.42. The highest BCUT2D eigenvalue weighted by molar-refractivity contribution is 5.95. The zero-order chi connectivity index (χ0) is 21.2. The van der Waals surface area contributed by atoms with Crippen molar-refractivity contribution in [3.05, 3.63) is 59.2 Å². The first-order chi connectivity index (χ1) is 13.6. The third kappa shape index (κ3) is 4.37. The van der Waals surface area contributed by atoms with E-state index in [-0.39, 0.29) is 12.3 Å². The lowest BCUT2D eigenvalue weighted by Crippen LogP contribution is -2.38. The monoisotopic (exact) mass is 411 g/mol. The fourth-order valence-corrected chi connectivity index (χ4v) is 3.40. The van der Waals surface area contributed by atoms with E-state index >= 15 is 0 Å². The standard InChI is InChI=1S/C21H21F4NO3/c1-29-17-8-5-14(6-9-17)12-19(27)26-11-3-2-4-15-13-16(7-10-18(15)26)20(22,28)21(23,24)25/h5-10,13,28H,2-4,11-12H2,1H3. The Morgan fingerprint density at radius 1 is 1.10 bits per heavy atom. The Morgan fingerprint density at radius 2 is 1.79 bits per heavy atom. The first-order valence-corrected chi connectivity index (χ1v) is 9.18. The number of hydrogen-bond acceptors (Lipinski definition) is 3. The number of rotatable bonds is 4. The average Bonchev–Trinajstić information content (AvgIpc) is 2.89. The van der Waals surface area contributed by atoms with Crippen LogP contribution in [0.2, 0.25) is 0 Å². The molecule has 2 aromatic rings. The molecule has 1 N–H and O–H groups in total. The minimum absolute atomic E-state index is 0.112. The molecule has 156 valence electrons. The van der Waals surface area contributed by atoms with Crippen molar-refractivity contribution in [3.63, 3.8) is 0 Å². The predicted octanol–water partition coefficient (Wildman–Crippen LogP) is 4.28. The van der Waals surface area contributed by atoms with E-state index in [1.165, 1.54) is 11.0 Å². The molecule has 1 aliphatic rings. The SMILES string of the molecule is COc1ccc(CC(=O)N2CCCCc3cc(C(O)(F)C(F)(F)F)ccc32)cc1. The van der Waals surface area contributed by atoms with Gasteiger partial charge >= 0.3 is 12.0 Å². The number of carbonyl (C=O) groups is 1. The lowest BCUT2D eigenvalue weighted by Gasteiger charge is -2.26. The second kappa shape index (κ2) is 8.02. The number of amides is 1. The van der Waals surface area contributed by atoms with Crippen LogP contribution in [-0.4, -0.2) is 30.8 Å². The van der Waals surface area contributed by atoms with Gasteiger partial charge in [0.15, 0.2) is 0 Å². The van der Waals surface area contributed by atoms with Crippen LogP contribution in [0.25, 0.3) is 0 Å². The van der Waals surface area contributed by atoms with Crippen molar-refractivity contribution in [2.45, 2.75) is 37.7 Å². The maximum atomic E-state index is 13.9. The first-order valence-electron chi connectivity index (χ1n) is 9.18. The van der Waals surface area contributed by atoms with Crippen molar-refractivity contribution in [3.8, 4) is 5.75 Å². The molecule has 0 saturated carbocycles. The number of aliphatic hydroxyl groups is 1. The van der Waals surface area contributed by atoms with Crippen molar-refractivity contribution in [2.75, 3.05) is 18.6 Å². The Bertz CT molecular complexity index is 878. The molecule has 2 aromatic carbocycles. The van der Waals surface area contributed by atoms with Gasteiger partial charge in [-0.2, -0.15) is 17.6 Å². The molecule has 0 saturated heterocycles. The largest absolute Gasteiger partial charge is 0.497 e. The normalized spacial score (nSPS) is 16.6. The smallest absolute Gasteiger partial charge is 0.453 e. The van der Waals surface area contributed by atoms with Gasteiger partial charge in [0.25, 0.3) is 0 Å². The van der Waals surface area contributed by atoms with Crippen molar-refractivity contribution >= 4 is 11.6 Å². The number of methoxy groups -OCH3 is 1. The molecule has 1 amide bonds. The van der Waals surface area contributed by atoms with Crippen LogP contribution in [0.1, 0.15) is 29.5 Å². The Labute approximate surface area is 165 Å². The predicted molar refractivity (Wildman–Crippen MR) is 99.5 cm³/mol. The molecule has 0 fully saturated rings. The van der Waals surface area contributed by atoms with Crippen molar-refractivity contribution in [1.82, 2.24) is 0 Å². The van der Waals surface area contributed by atoms with Gasteiger partial charge in [-0.3, -0.25) is 4.79 Å². The van der Waals surface area contributed by atoms with Gasteiger partial charge in [0, 0.05) is 17.8 Å². The van der Waals surface area contributed by atoms with Crippen LogP contribution >= 0.6 is 0 Å². The molecule has 0 bridgehead atoms. The molecule has 0 radical (unpaired) electrons. The maximum absolute atomic E-state index is 13.9. The molecule has 1 atom stereocenters. The van der Waals surface area contributed by atoms with Crippen LogP contribution in [0.3, 0.4) is 0 Å². The lowest BCUT2D eigenvalue weighted by atomic mass is 9.99. The minimum atomic E-state index is -5.45. The second-order valence-corrected chi connectivity index (χ2v) is 6.99. The van der Waals surface area contributed by atoms with Crippen LogP contribution in [0.5, 0.6) is 5.75 Å². The Hall–Kier alpha value is -2.61. The number of ether oxygens (including phenoxy) is 1. The summed E-state index contributed by atoms with van der Waals surface area (Å²) in [5.74, 6) is -3.98. The Balaban J connectivity index is 1.88. The topological polar surface area (TPSA) is 49.8 Å². The molecule has 1 aliphatic heterocycles. The summed E-state index contributed by atoms with van der Waals surface area (Å²) in [4.78, 5) is 14.4. The highest BCUT2D eigenvalue weighted by Gasteiger charge is 2.56. The highest BCUT2D eigenvalue weighted by atomic mass is 19.4. The molecule has 4 nitrogen and oxygen atoms in total. The van der Waals surface area contributed by atoms with Crippen LogP contribution in [0.4, 0.5) is 23.2 Å². The number of benzene rings is 2. The van der Waals surface area contributed by atoms with E-state index in [9.17, 15) is 27.5 Å². The molecule has 1 heterocycles. The lowest BCUT2D eigenvalue weighted by molar-refractivity contribution is -0.323. The molecular formula is C21H21F4NO3. The number of carbonyl (C=O) groups excluding carboxylic acids is 1. The molecule has 1 unspecified atom stereocenters. The molecule has 0 aliphatic carbocycles. The number of aryl methyl sites for hydroxylation is 1. The van der Waals surface area contributed by atoms with Gasteiger partial charge in [0.05, 0.1) is 13.5 Å². The van der Waals surface area contributed by atoms with Crippen molar-refractivity contribution in [2.24, 2.45) is 0 Å². The van der Waals surface area contributed by atoms with E-state index in [4.69, 9.17) is 4.74 Å².